The van der Waals surface area contributed by atoms with Crippen LogP contribution in [0.15, 0.2) is 102 Å². The number of nitrogens with one attached hydrogen (secondary N) is 1. The maximum atomic E-state index is 14.2. The van der Waals surface area contributed by atoms with Crippen LogP contribution in [-0.2, 0) is 16.2 Å². The molecule has 1 aliphatic heterocycles. The van der Waals surface area contributed by atoms with Crippen molar-refractivity contribution in [2.24, 2.45) is 0 Å². The number of anilines is 2. The van der Waals surface area contributed by atoms with Crippen molar-refractivity contribution in [3.8, 4) is 11.5 Å². The lowest BCUT2D eigenvalue weighted by molar-refractivity contribution is -0.117. The molecule has 1 heterocycles. The second kappa shape index (κ2) is 12.6. The second-order valence-electron chi connectivity index (χ2n) is 11.3. The summed E-state index contributed by atoms with van der Waals surface area (Å²) in [5.41, 5.74) is 7.03. The number of hydrogen-bond donors (Lipinski definition) is 1. The Morgan fingerprint density at radius 3 is 2.36 bits per heavy atom. The van der Waals surface area contributed by atoms with Crippen LogP contribution in [0, 0.1) is 6.92 Å². The highest BCUT2D eigenvalue weighted by Gasteiger charge is 2.41. The van der Waals surface area contributed by atoms with Gasteiger partial charge in [0.05, 0.1) is 24.0 Å². The highest BCUT2D eigenvalue weighted by molar-refractivity contribution is 6.30. The first-order valence-corrected chi connectivity index (χ1v) is 15.3. The van der Waals surface area contributed by atoms with E-state index >= 15 is 0 Å². The summed E-state index contributed by atoms with van der Waals surface area (Å²) in [5, 5.41) is 4.25. The fourth-order valence-electron chi connectivity index (χ4n) is 6.15. The number of aryl methyl sites for hydroxylation is 1. The van der Waals surface area contributed by atoms with Gasteiger partial charge in [0.2, 0.25) is 5.91 Å². The number of carbonyl (C=O) groups excluding carboxylic acids is 2. The van der Waals surface area contributed by atoms with Crippen molar-refractivity contribution in [3.05, 3.63) is 130 Å². The Bertz CT molecular complexity index is 1730. The van der Waals surface area contributed by atoms with E-state index in [0.29, 0.717) is 48.2 Å². The summed E-state index contributed by atoms with van der Waals surface area (Å²) in [4.78, 5) is 29.4. The largest absolute Gasteiger partial charge is 0.490 e. The van der Waals surface area contributed by atoms with E-state index in [1.165, 1.54) is 5.56 Å². The summed E-state index contributed by atoms with van der Waals surface area (Å²) in [6.07, 6.45) is 1.02. The molecular weight excluding hydrogens is 572 g/mol. The normalized spacial score (nSPS) is 17.7. The minimum Gasteiger partial charge on any atom is -0.490 e. The molecule has 0 unspecified atom stereocenters. The summed E-state index contributed by atoms with van der Waals surface area (Å²) in [7, 11) is 0. The minimum atomic E-state index is -0.644. The van der Waals surface area contributed by atoms with Gasteiger partial charge in [0.25, 0.3) is 0 Å². The summed E-state index contributed by atoms with van der Waals surface area (Å²) in [5.74, 6) is 1.03. The summed E-state index contributed by atoms with van der Waals surface area (Å²) in [6, 6.07) is 28.7. The van der Waals surface area contributed by atoms with Gasteiger partial charge in [-0.15, -0.1) is 0 Å². The molecular formula is C37H35ClN2O4. The fourth-order valence-corrected chi connectivity index (χ4v) is 6.28. The molecule has 4 aromatic rings. The fraction of sp³-hybridized carbons (Fsp3) is 0.243. The Balaban J connectivity index is 1.44. The van der Waals surface area contributed by atoms with Crippen molar-refractivity contribution in [2.45, 2.75) is 52.2 Å². The molecule has 1 aliphatic carbocycles. The van der Waals surface area contributed by atoms with Crippen molar-refractivity contribution in [3.63, 3.8) is 0 Å². The molecule has 1 N–H and O–H groups in total. The number of halogens is 1. The van der Waals surface area contributed by atoms with Gasteiger partial charge in [0.1, 0.15) is 6.61 Å². The molecule has 6 nitrogen and oxygen atoms in total. The molecule has 7 heteroatoms. The molecule has 0 saturated carbocycles. The number of carbonyl (C=O) groups is 2. The molecule has 6 rings (SSSR count). The Hall–Kier alpha value is -4.55. The van der Waals surface area contributed by atoms with E-state index in [2.05, 4.69) is 36.5 Å². The SMILES string of the molecule is CCOc1cc([C@@H]2C3=C(C[C@@H](c4ccc(C)cc4)CC3=O)Nc3ccccc3N2C(C)=O)ccc1OCc1ccc(Cl)cc1. The van der Waals surface area contributed by atoms with E-state index in [9.17, 15) is 9.59 Å². The number of fused-ring (bicyclic) bond motifs is 1. The summed E-state index contributed by atoms with van der Waals surface area (Å²) >= 11 is 6.05. The van der Waals surface area contributed by atoms with Gasteiger partial charge in [0, 0.05) is 29.6 Å². The van der Waals surface area contributed by atoms with Crippen LogP contribution in [0.3, 0.4) is 0 Å². The maximum absolute atomic E-state index is 14.2. The highest BCUT2D eigenvalue weighted by atomic mass is 35.5. The first-order chi connectivity index (χ1) is 21.3. The molecule has 0 aromatic heterocycles. The molecule has 0 fully saturated rings. The molecule has 2 atom stereocenters. The Morgan fingerprint density at radius 1 is 0.909 bits per heavy atom. The minimum absolute atomic E-state index is 0.0226. The standard InChI is InChI=1S/C37H35ClN2O4/c1-4-43-35-21-27(15-18-34(35)44-22-25-11-16-29(38)17-12-25)37-36-31(39-30-7-5-6-8-32(30)40(37)24(3)41)19-28(20-33(36)42)26-13-9-23(2)10-14-26/h5-18,21,28,37,39H,4,19-20,22H2,1-3H3/t28-,37-/m1/s1. The third kappa shape index (κ3) is 5.95. The zero-order valence-corrected chi connectivity index (χ0v) is 25.9. The van der Waals surface area contributed by atoms with Crippen LogP contribution in [0.25, 0.3) is 0 Å². The van der Waals surface area contributed by atoms with Gasteiger partial charge in [-0.25, -0.2) is 0 Å². The van der Waals surface area contributed by atoms with Gasteiger partial charge in [-0.05, 0) is 79.3 Å². The average Bonchev–Trinajstić information content (AvgIpc) is 3.16. The number of Topliss-reactive ketones (excluding diaryl/α,β-unsaturated/α-hetero) is 1. The van der Waals surface area contributed by atoms with Crippen LogP contribution in [0.4, 0.5) is 11.4 Å². The lowest BCUT2D eigenvalue weighted by Gasteiger charge is -2.35. The van der Waals surface area contributed by atoms with E-state index < -0.39 is 6.04 Å². The molecule has 224 valence electrons. The van der Waals surface area contributed by atoms with Gasteiger partial charge in [-0.2, -0.15) is 0 Å². The predicted molar refractivity (Wildman–Crippen MR) is 175 cm³/mol. The van der Waals surface area contributed by atoms with Gasteiger partial charge in [0.15, 0.2) is 17.3 Å². The number of allylic oxidation sites excluding steroid dienone is 1. The van der Waals surface area contributed by atoms with Crippen LogP contribution in [0.5, 0.6) is 11.5 Å². The average molecular weight is 607 g/mol. The lowest BCUT2D eigenvalue weighted by Crippen LogP contribution is -2.37. The van der Waals surface area contributed by atoms with Crippen molar-refractivity contribution < 1.29 is 19.1 Å². The quantitative estimate of drug-likeness (QED) is 0.228. The molecule has 0 bridgehead atoms. The second-order valence-corrected chi connectivity index (χ2v) is 11.8. The number of benzene rings is 4. The van der Waals surface area contributed by atoms with Gasteiger partial charge in [-0.1, -0.05) is 71.8 Å². The summed E-state index contributed by atoms with van der Waals surface area (Å²) in [6.45, 7) is 6.29. The number of rotatable bonds is 7. The van der Waals surface area contributed by atoms with Crippen molar-refractivity contribution in [1.82, 2.24) is 0 Å². The maximum Gasteiger partial charge on any atom is 0.224 e. The molecule has 1 amide bonds. The number of hydrogen-bond acceptors (Lipinski definition) is 5. The van der Waals surface area contributed by atoms with Crippen molar-refractivity contribution >= 4 is 34.7 Å². The van der Waals surface area contributed by atoms with Crippen molar-refractivity contribution in [2.75, 3.05) is 16.8 Å². The zero-order valence-electron chi connectivity index (χ0n) is 25.1. The molecule has 44 heavy (non-hydrogen) atoms. The van der Waals surface area contributed by atoms with E-state index in [0.717, 1.165) is 33.8 Å². The van der Waals surface area contributed by atoms with Crippen LogP contribution in [0.2, 0.25) is 5.02 Å². The van der Waals surface area contributed by atoms with Crippen molar-refractivity contribution in [1.29, 1.82) is 0 Å². The molecule has 0 saturated heterocycles. The van der Waals surface area contributed by atoms with E-state index in [-0.39, 0.29) is 17.6 Å². The molecule has 0 spiro atoms. The topological polar surface area (TPSA) is 67.9 Å². The van der Waals surface area contributed by atoms with Crippen LogP contribution >= 0.6 is 11.6 Å². The predicted octanol–water partition coefficient (Wildman–Crippen LogP) is 8.55. The highest BCUT2D eigenvalue weighted by Crippen LogP contribution is 2.48. The Morgan fingerprint density at radius 2 is 1.64 bits per heavy atom. The van der Waals surface area contributed by atoms with E-state index in [1.807, 2.05) is 73.7 Å². The van der Waals surface area contributed by atoms with Gasteiger partial charge in [-0.3, -0.25) is 14.5 Å². The van der Waals surface area contributed by atoms with E-state index in [4.69, 9.17) is 21.1 Å². The Kier molecular flexibility index (Phi) is 8.45. The first-order valence-electron chi connectivity index (χ1n) is 14.9. The first kappa shape index (κ1) is 29.5. The number of amides is 1. The van der Waals surface area contributed by atoms with Crippen LogP contribution < -0.4 is 19.7 Å². The molecule has 0 radical (unpaired) electrons. The zero-order chi connectivity index (χ0) is 30.8. The number of ketones is 1. The third-order valence-electron chi connectivity index (χ3n) is 8.27. The summed E-state index contributed by atoms with van der Waals surface area (Å²) < 4.78 is 12.2. The van der Waals surface area contributed by atoms with Crippen LogP contribution in [0.1, 0.15) is 60.9 Å². The third-order valence-corrected chi connectivity index (χ3v) is 8.52. The van der Waals surface area contributed by atoms with E-state index in [1.54, 1.807) is 11.8 Å². The number of ether oxygens (including phenoxy) is 2. The lowest BCUT2D eigenvalue weighted by atomic mass is 9.78. The van der Waals surface area contributed by atoms with Crippen LogP contribution in [-0.4, -0.2) is 18.3 Å². The molecule has 4 aromatic carbocycles. The van der Waals surface area contributed by atoms with Gasteiger partial charge >= 0.3 is 0 Å². The monoisotopic (exact) mass is 606 g/mol. The Labute approximate surface area is 263 Å². The van der Waals surface area contributed by atoms with Gasteiger partial charge < -0.3 is 14.8 Å². The molecule has 2 aliphatic rings. The number of para-hydroxylation sites is 2. The smallest absolute Gasteiger partial charge is 0.224 e. The number of nitrogens with zero attached hydrogens (tertiary/aromatic N) is 1.